The lowest BCUT2D eigenvalue weighted by Gasteiger charge is -2.14. The smallest absolute Gasteiger partial charge is 0.259 e. The van der Waals surface area contributed by atoms with E-state index in [0.717, 1.165) is 0 Å². The largest absolute Gasteiger partial charge is 0.496 e. The van der Waals surface area contributed by atoms with E-state index in [1.165, 1.54) is 7.11 Å². The highest BCUT2D eigenvalue weighted by Gasteiger charge is 2.17. The van der Waals surface area contributed by atoms with Gasteiger partial charge in [0.15, 0.2) is 6.10 Å². The molecule has 0 heterocycles. The van der Waals surface area contributed by atoms with Crippen LogP contribution < -0.4 is 14.8 Å². The second-order valence-corrected chi connectivity index (χ2v) is 6.75. The number of para-hydroxylation sites is 1. The van der Waals surface area contributed by atoms with E-state index in [4.69, 9.17) is 21.1 Å². The summed E-state index contributed by atoms with van der Waals surface area (Å²) in [7, 11) is 1.52. The maximum atomic E-state index is 12.5. The molecule has 29 heavy (non-hydrogen) atoms. The average Bonchev–Trinajstić information content (AvgIpc) is 2.74. The van der Waals surface area contributed by atoms with E-state index in [1.54, 1.807) is 79.7 Å². The predicted octanol–water partition coefficient (Wildman–Crippen LogP) is 5.25. The lowest BCUT2D eigenvalue weighted by molar-refractivity contribution is 0.0818. The first-order valence-electron chi connectivity index (χ1n) is 8.99. The first-order valence-corrected chi connectivity index (χ1v) is 9.36. The Morgan fingerprint density at radius 3 is 2.38 bits per heavy atom. The van der Waals surface area contributed by atoms with Crippen molar-refractivity contribution in [2.45, 2.75) is 13.0 Å². The summed E-state index contributed by atoms with van der Waals surface area (Å²) in [5.74, 6) is 0.572. The number of ketones is 1. The fourth-order valence-corrected chi connectivity index (χ4v) is 2.97. The number of rotatable bonds is 7. The number of hydrogen-bond donors (Lipinski definition) is 1. The number of methoxy groups -OCH3 is 1. The normalized spacial score (nSPS) is 11.4. The van der Waals surface area contributed by atoms with Crippen LogP contribution in [-0.2, 0) is 0 Å². The van der Waals surface area contributed by atoms with Gasteiger partial charge in [0.2, 0.25) is 5.78 Å². The van der Waals surface area contributed by atoms with Gasteiger partial charge in [0.05, 0.1) is 12.7 Å². The van der Waals surface area contributed by atoms with Gasteiger partial charge in [-0.15, -0.1) is 0 Å². The molecule has 0 spiro atoms. The van der Waals surface area contributed by atoms with Gasteiger partial charge >= 0.3 is 0 Å². The highest BCUT2D eigenvalue weighted by Crippen LogP contribution is 2.22. The molecule has 1 atom stereocenters. The van der Waals surface area contributed by atoms with Gasteiger partial charge in [0.1, 0.15) is 11.5 Å². The van der Waals surface area contributed by atoms with Crippen LogP contribution in [0.2, 0.25) is 5.02 Å². The van der Waals surface area contributed by atoms with Crippen molar-refractivity contribution in [2.24, 2.45) is 0 Å². The Balaban J connectivity index is 1.64. The first-order chi connectivity index (χ1) is 14.0. The highest BCUT2D eigenvalue weighted by molar-refractivity contribution is 6.31. The van der Waals surface area contributed by atoms with Crippen molar-refractivity contribution in [3.05, 3.63) is 88.9 Å². The lowest BCUT2D eigenvalue weighted by Crippen LogP contribution is -2.23. The summed E-state index contributed by atoms with van der Waals surface area (Å²) in [6, 6.07) is 20.5. The van der Waals surface area contributed by atoms with E-state index in [-0.39, 0.29) is 11.7 Å². The van der Waals surface area contributed by atoms with E-state index >= 15 is 0 Å². The first kappa shape index (κ1) is 20.4. The quantitative estimate of drug-likeness (QED) is 0.541. The Labute approximate surface area is 174 Å². The predicted molar refractivity (Wildman–Crippen MR) is 113 cm³/mol. The Morgan fingerprint density at radius 1 is 0.966 bits per heavy atom. The van der Waals surface area contributed by atoms with E-state index in [2.05, 4.69) is 5.32 Å². The van der Waals surface area contributed by atoms with Crippen molar-refractivity contribution in [1.29, 1.82) is 0 Å². The third kappa shape index (κ3) is 5.15. The number of benzene rings is 3. The average molecular weight is 410 g/mol. The second kappa shape index (κ2) is 9.26. The summed E-state index contributed by atoms with van der Waals surface area (Å²) in [6.45, 7) is 1.68. The van der Waals surface area contributed by atoms with E-state index < -0.39 is 6.10 Å². The van der Waals surface area contributed by atoms with Crippen LogP contribution in [0.1, 0.15) is 27.6 Å². The van der Waals surface area contributed by atoms with Gasteiger partial charge in [0.25, 0.3) is 5.91 Å². The zero-order valence-corrected chi connectivity index (χ0v) is 16.8. The van der Waals surface area contributed by atoms with Crippen LogP contribution >= 0.6 is 11.6 Å². The maximum absolute atomic E-state index is 12.5. The molecule has 1 unspecified atom stereocenters. The van der Waals surface area contributed by atoms with Crippen LogP contribution in [0.4, 0.5) is 5.69 Å². The molecule has 3 rings (SSSR count). The fourth-order valence-electron chi connectivity index (χ4n) is 2.78. The number of amides is 1. The van der Waals surface area contributed by atoms with Gasteiger partial charge in [-0.25, -0.2) is 0 Å². The van der Waals surface area contributed by atoms with Gasteiger partial charge < -0.3 is 14.8 Å². The van der Waals surface area contributed by atoms with E-state index in [9.17, 15) is 9.59 Å². The molecule has 1 amide bonds. The number of carbonyl (C=O) groups is 2. The molecule has 0 aliphatic heterocycles. The molecular formula is C23H20ClNO4. The third-order valence-electron chi connectivity index (χ3n) is 4.26. The second-order valence-electron chi connectivity index (χ2n) is 6.31. The Kier molecular flexibility index (Phi) is 6.52. The molecule has 1 N–H and O–H groups in total. The standard InChI is InChI=1S/C23H20ClNO4/c1-15(22(26)16-6-5-7-17(24)14-16)29-19-12-10-18(11-13-19)25-23(27)20-8-3-4-9-21(20)28-2/h3-15H,1-2H3,(H,25,27). The van der Waals surface area contributed by atoms with Crippen molar-refractivity contribution in [1.82, 2.24) is 0 Å². The summed E-state index contributed by atoms with van der Waals surface area (Å²) < 4.78 is 10.9. The topological polar surface area (TPSA) is 64.6 Å². The number of hydrogen-bond acceptors (Lipinski definition) is 4. The molecule has 0 bridgehead atoms. The minimum absolute atomic E-state index is 0.166. The molecular weight excluding hydrogens is 390 g/mol. The highest BCUT2D eigenvalue weighted by atomic mass is 35.5. The lowest BCUT2D eigenvalue weighted by atomic mass is 10.1. The summed E-state index contributed by atoms with van der Waals surface area (Å²) in [5.41, 5.74) is 1.53. The Bertz CT molecular complexity index is 1020. The van der Waals surface area contributed by atoms with Gasteiger partial charge in [-0.2, -0.15) is 0 Å². The Hall–Kier alpha value is -3.31. The number of nitrogens with one attached hydrogen (secondary N) is 1. The molecule has 148 valence electrons. The summed E-state index contributed by atoms with van der Waals surface area (Å²) in [5, 5.41) is 3.31. The molecule has 0 saturated heterocycles. The van der Waals surface area contributed by atoms with E-state index in [1.807, 2.05) is 0 Å². The van der Waals surface area contributed by atoms with Crippen LogP contribution in [0.25, 0.3) is 0 Å². The fraction of sp³-hybridized carbons (Fsp3) is 0.130. The van der Waals surface area contributed by atoms with Gasteiger partial charge in [-0.05, 0) is 55.5 Å². The van der Waals surface area contributed by atoms with Crippen LogP contribution in [0.3, 0.4) is 0 Å². The van der Waals surface area contributed by atoms with E-state index in [0.29, 0.717) is 33.3 Å². The van der Waals surface area contributed by atoms with Gasteiger partial charge in [-0.3, -0.25) is 9.59 Å². The number of Topliss-reactive ketones (excluding diaryl/α,β-unsaturated/α-hetero) is 1. The molecule has 0 saturated carbocycles. The summed E-state index contributed by atoms with van der Waals surface area (Å²) in [4.78, 5) is 24.9. The zero-order chi connectivity index (χ0) is 20.8. The molecule has 5 nitrogen and oxygen atoms in total. The van der Waals surface area contributed by atoms with Crippen molar-refractivity contribution in [3.8, 4) is 11.5 Å². The monoisotopic (exact) mass is 409 g/mol. The number of halogens is 1. The molecule has 3 aromatic carbocycles. The molecule has 0 fully saturated rings. The van der Waals surface area contributed by atoms with Crippen molar-refractivity contribution < 1.29 is 19.1 Å². The Morgan fingerprint density at radius 2 is 1.69 bits per heavy atom. The molecule has 0 radical (unpaired) electrons. The van der Waals surface area contributed by atoms with Gasteiger partial charge in [0, 0.05) is 16.3 Å². The minimum Gasteiger partial charge on any atom is -0.496 e. The van der Waals surface area contributed by atoms with Crippen LogP contribution in [-0.4, -0.2) is 24.9 Å². The summed E-state index contributed by atoms with van der Waals surface area (Å²) in [6.07, 6.45) is -0.678. The van der Waals surface area contributed by atoms with Crippen LogP contribution in [0.5, 0.6) is 11.5 Å². The van der Waals surface area contributed by atoms with Crippen molar-refractivity contribution >= 4 is 29.0 Å². The number of ether oxygens (including phenoxy) is 2. The maximum Gasteiger partial charge on any atom is 0.259 e. The zero-order valence-electron chi connectivity index (χ0n) is 16.0. The molecule has 0 aliphatic carbocycles. The van der Waals surface area contributed by atoms with Crippen LogP contribution in [0.15, 0.2) is 72.8 Å². The minimum atomic E-state index is -0.678. The SMILES string of the molecule is COc1ccccc1C(=O)Nc1ccc(OC(C)C(=O)c2cccc(Cl)c2)cc1. The molecule has 0 aromatic heterocycles. The van der Waals surface area contributed by atoms with Crippen molar-refractivity contribution in [2.75, 3.05) is 12.4 Å². The third-order valence-corrected chi connectivity index (χ3v) is 4.49. The van der Waals surface area contributed by atoms with Crippen molar-refractivity contribution in [3.63, 3.8) is 0 Å². The number of anilines is 1. The van der Waals surface area contributed by atoms with Gasteiger partial charge in [-0.1, -0.05) is 35.9 Å². The molecule has 0 aliphatic rings. The summed E-state index contributed by atoms with van der Waals surface area (Å²) >= 11 is 5.94. The number of carbonyl (C=O) groups excluding carboxylic acids is 2. The van der Waals surface area contributed by atoms with Crippen LogP contribution in [0, 0.1) is 0 Å². The molecule has 6 heteroatoms. The molecule has 3 aromatic rings.